The third-order valence-corrected chi connectivity index (χ3v) is 5.64. The first-order valence-corrected chi connectivity index (χ1v) is 10.6. The molecule has 2 aromatic heterocycles. The number of aryl methyl sites for hydroxylation is 1. The molecule has 170 valence electrons. The summed E-state index contributed by atoms with van der Waals surface area (Å²) in [6.07, 6.45) is 2.22. The predicted molar refractivity (Wildman–Crippen MR) is 118 cm³/mol. The van der Waals surface area contributed by atoms with Gasteiger partial charge in [0.1, 0.15) is 6.54 Å². The monoisotopic (exact) mass is 441 g/mol. The first kappa shape index (κ1) is 21.7. The first-order valence-electron chi connectivity index (χ1n) is 10.6. The van der Waals surface area contributed by atoms with Crippen molar-refractivity contribution in [3.8, 4) is 11.5 Å². The van der Waals surface area contributed by atoms with Gasteiger partial charge in [-0.3, -0.25) is 18.7 Å². The number of carbonyl (C=O) groups is 1. The molecule has 1 aromatic carbocycles. The van der Waals surface area contributed by atoms with E-state index in [9.17, 15) is 14.4 Å². The number of hydrogen-bond acceptors (Lipinski definition) is 6. The number of nitrogens with zero attached hydrogens (tertiary/aromatic N) is 4. The van der Waals surface area contributed by atoms with E-state index in [1.54, 1.807) is 7.05 Å². The number of nitrogens with one attached hydrogen (secondary N) is 1. The summed E-state index contributed by atoms with van der Waals surface area (Å²) in [6.45, 7) is 5.14. The second kappa shape index (κ2) is 8.52. The van der Waals surface area contributed by atoms with Crippen molar-refractivity contribution in [2.24, 2.45) is 20.0 Å². The van der Waals surface area contributed by atoms with Gasteiger partial charge in [0.05, 0.1) is 25.6 Å². The van der Waals surface area contributed by atoms with Crippen molar-refractivity contribution in [2.75, 3.05) is 13.2 Å². The number of amides is 1. The van der Waals surface area contributed by atoms with Crippen molar-refractivity contribution in [3.63, 3.8) is 0 Å². The van der Waals surface area contributed by atoms with Crippen LogP contribution in [0.5, 0.6) is 11.5 Å². The third kappa shape index (κ3) is 3.88. The molecular weight excluding hydrogens is 414 g/mol. The topological polar surface area (TPSA) is 109 Å². The predicted octanol–water partition coefficient (Wildman–Crippen LogP) is 1.11. The molecule has 0 saturated carbocycles. The first-order chi connectivity index (χ1) is 15.3. The van der Waals surface area contributed by atoms with Crippen LogP contribution >= 0.6 is 0 Å². The molecule has 1 N–H and O–H groups in total. The van der Waals surface area contributed by atoms with Gasteiger partial charge in [-0.1, -0.05) is 19.9 Å². The van der Waals surface area contributed by atoms with Crippen LogP contribution in [0.3, 0.4) is 0 Å². The molecule has 0 bridgehead atoms. The normalized spacial score (nSPS) is 14.4. The summed E-state index contributed by atoms with van der Waals surface area (Å²) in [5.41, 5.74) is 0.408. The lowest BCUT2D eigenvalue weighted by Gasteiger charge is -2.24. The molecule has 0 spiro atoms. The fourth-order valence-electron chi connectivity index (χ4n) is 3.90. The van der Waals surface area contributed by atoms with Gasteiger partial charge < -0.3 is 19.4 Å². The van der Waals surface area contributed by atoms with Crippen LogP contribution in [0.1, 0.15) is 31.9 Å². The SMILES string of the molecule is CC(C)C(NC(=O)Cn1cnc2c1c(=O)n(C)c(=O)n2C)c1ccc2c(c1)OCCCO2. The second-order valence-electron chi connectivity index (χ2n) is 8.30. The number of imidazole rings is 1. The molecule has 0 saturated heterocycles. The smallest absolute Gasteiger partial charge is 0.332 e. The summed E-state index contributed by atoms with van der Waals surface area (Å²) in [5, 5.41) is 3.06. The standard InChI is InChI=1S/C22H27N5O5/c1-13(2)18(14-6-7-15-16(10-14)32-9-5-8-31-15)24-17(28)11-27-12-23-20-19(27)21(29)26(4)22(30)25(20)3/h6-7,10,12-13,18H,5,8-9,11H2,1-4H3,(H,24,28). The molecule has 10 heteroatoms. The van der Waals surface area contributed by atoms with Crippen molar-refractivity contribution in [1.82, 2.24) is 24.0 Å². The molecule has 1 unspecified atom stereocenters. The molecule has 10 nitrogen and oxygen atoms in total. The molecule has 3 heterocycles. The second-order valence-corrected chi connectivity index (χ2v) is 8.30. The number of ether oxygens (including phenoxy) is 2. The van der Waals surface area contributed by atoms with Gasteiger partial charge in [-0.15, -0.1) is 0 Å². The van der Waals surface area contributed by atoms with Gasteiger partial charge in [-0.2, -0.15) is 0 Å². The zero-order valence-corrected chi connectivity index (χ0v) is 18.6. The van der Waals surface area contributed by atoms with E-state index < -0.39 is 11.2 Å². The molecule has 3 aromatic rings. The minimum Gasteiger partial charge on any atom is -0.490 e. The molecule has 32 heavy (non-hydrogen) atoms. The maximum Gasteiger partial charge on any atom is 0.332 e. The number of carbonyl (C=O) groups excluding carboxylic acids is 1. The molecular formula is C22H27N5O5. The van der Waals surface area contributed by atoms with Crippen molar-refractivity contribution in [3.05, 3.63) is 50.9 Å². The van der Waals surface area contributed by atoms with Gasteiger partial charge in [0.25, 0.3) is 5.56 Å². The minimum absolute atomic E-state index is 0.0995. The van der Waals surface area contributed by atoms with Gasteiger partial charge in [0.15, 0.2) is 22.7 Å². The van der Waals surface area contributed by atoms with E-state index in [4.69, 9.17) is 9.47 Å². The Morgan fingerprint density at radius 3 is 2.56 bits per heavy atom. The molecule has 1 aliphatic rings. The molecule has 1 aliphatic heterocycles. The van der Waals surface area contributed by atoms with E-state index >= 15 is 0 Å². The average molecular weight is 441 g/mol. The third-order valence-electron chi connectivity index (χ3n) is 5.64. The Hall–Kier alpha value is -3.56. The number of aromatic nitrogens is 4. The number of rotatable bonds is 5. The Bertz CT molecular complexity index is 1290. The maximum absolute atomic E-state index is 12.9. The van der Waals surface area contributed by atoms with E-state index in [1.165, 1.54) is 22.5 Å². The van der Waals surface area contributed by atoms with Crippen molar-refractivity contribution in [1.29, 1.82) is 0 Å². The quantitative estimate of drug-likeness (QED) is 0.635. The maximum atomic E-state index is 12.9. The fraction of sp³-hybridized carbons (Fsp3) is 0.455. The van der Waals surface area contributed by atoms with Crippen molar-refractivity contribution >= 4 is 17.1 Å². The zero-order chi connectivity index (χ0) is 23.0. The van der Waals surface area contributed by atoms with E-state index in [-0.39, 0.29) is 35.6 Å². The van der Waals surface area contributed by atoms with Crippen molar-refractivity contribution < 1.29 is 14.3 Å². The lowest BCUT2D eigenvalue weighted by molar-refractivity contribution is -0.122. The lowest BCUT2D eigenvalue weighted by Crippen LogP contribution is -2.38. The Morgan fingerprint density at radius 2 is 1.84 bits per heavy atom. The van der Waals surface area contributed by atoms with Crippen LogP contribution in [0.2, 0.25) is 0 Å². The van der Waals surface area contributed by atoms with Crippen LogP contribution in [0.25, 0.3) is 11.2 Å². The highest BCUT2D eigenvalue weighted by Crippen LogP contribution is 2.34. The summed E-state index contributed by atoms with van der Waals surface area (Å²) >= 11 is 0. The summed E-state index contributed by atoms with van der Waals surface area (Å²) in [5.74, 6) is 1.21. The van der Waals surface area contributed by atoms with Crippen LogP contribution in [-0.4, -0.2) is 37.8 Å². The van der Waals surface area contributed by atoms with Crippen LogP contribution < -0.4 is 26.0 Å². The highest BCUT2D eigenvalue weighted by molar-refractivity contribution is 5.79. The van der Waals surface area contributed by atoms with E-state index in [1.807, 2.05) is 32.0 Å². The highest BCUT2D eigenvalue weighted by Gasteiger charge is 2.22. The van der Waals surface area contributed by atoms with Gasteiger partial charge in [-0.05, 0) is 23.6 Å². The molecule has 0 radical (unpaired) electrons. The molecule has 0 aliphatic carbocycles. The van der Waals surface area contributed by atoms with E-state index in [2.05, 4.69) is 10.3 Å². The Balaban J connectivity index is 1.60. The minimum atomic E-state index is -0.489. The van der Waals surface area contributed by atoms with Gasteiger partial charge in [0, 0.05) is 20.5 Å². The molecule has 1 atom stereocenters. The zero-order valence-electron chi connectivity index (χ0n) is 18.6. The van der Waals surface area contributed by atoms with Crippen LogP contribution in [0, 0.1) is 5.92 Å². The average Bonchev–Trinajstić information content (AvgIpc) is 3.03. The lowest BCUT2D eigenvalue weighted by atomic mass is 9.95. The van der Waals surface area contributed by atoms with Crippen molar-refractivity contribution in [2.45, 2.75) is 32.9 Å². The van der Waals surface area contributed by atoms with Gasteiger partial charge in [0.2, 0.25) is 5.91 Å². The molecule has 0 fully saturated rings. The van der Waals surface area contributed by atoms with E-state index in [0.717, 1.165) is 16.6 Å². The van der Waals surface area contributed by atoms with Gasteiger partial charge in [-0.25, -0.2) is 9.78 Å². The highest BCUT2D eigenvalue weighted by atomic mass is 16.5. The van der Waals surface area contributed by atoms with Gasteiger partial charge >= 0.3 is 5.69 Å². The summed E-state index contributed by atoms with van der Waals surface area (Å²) in [7, 11) is 2.95. The molecule has 4 rings (SSSR count). The fourth-order valence-corrected chi connectivity index (χ4v) is 3.90. The Morgan fingerprint density at radius 1 is 1.12 bits per heavy atom. The Labute approximate surface area is 184 Å². The molecule has 1 amide bonds. The Kier molecular flexibility index (Phi) is 5.77. The number of hydrogen-bond donors (Lipinski definition) is 1. The summed E-state index contributed by atoms with van der Waals surface area (Å²) < 4.78 is 15.3. The van der Waals surface area contributed by atoms with Crippen LogP contribution in [0.15, 0.2) is 34.1 Å². The summed E-state index contributed by atoms with van der Waals surface area (Å²) in [6, 6.07) is 5.44. The van der Waals surface area contributed by atoms with E-state index in [0.29, 0.717) is 24.7 Å². The van der Waals surface area contributed by atoms with Crippen LogP contribution in [-0.2, 0) is 25.4 Å². The summed E-state index contributed by atoms with van der Waals surface area (Å²) in [4.78, 5) is 41.8. The van der Waals surface area contributed by atoms with Crippen LogP contribution in [0.4, 0.5) is 0 Å². The number of fused-ring (bicyclic) bond motifs is 2. The number of benzene rings is 1. The largest absolute Gasteiger partial charge is 0.490 e.